The largest absolute Gasteiger partial charge is 0.497 e. The van der Waals surface area contributed by atoms with Gasteiger partial charge in [0.15, 0.2) is 0 Å². The summed E-state index contributed by atoms with van der Waals surface area (Å²) in [6.07, 6.45) is -4.53. The zero-order chi connectivity index (χ0) is 17.9. The van der Waals surface area contributed by atoms with Crippen LogP contribution in [-0.4, -0.2) is 20.1 Å². The Hall–Kier alpha value is -2.22. The average Bonchev–Trinajstić information content (AvgIpc) is 2.54. The molecule has 0 aliphatic heterocycles. The molecule has 0 saturated heterocycles. The van der Waals surface area contributed by atoms with Gasteiger partial charge in [0.2, 0.25) is 0 Å². The van der Waals surface area contributed by atoms with Crippen LogP contribution in [0.25, 0.3) is 0 Å². The van der Waals surface area contributed by atoms with E-state index >= 15 is 0 Å². The van der Waals surface area contributed by atoms with Crippen molar-refractivity contribution in [3.63, 3.8) is 0 Å². The minimum atomic E-state index is -4.53. The normalized spacial score (nSPS) is 11.1. The number of carbonyl (C=O) groups is 1. The molecule has 24 heavy (non-hydrogen) atoms. The number of amides is 1. The molecule has 0 aliphatic rings. The Kier molecular flexibility index (Phi) is 5.38. The average molecular weight is 404 g/mol. The number of hydrogen-bond acceptors (Lipinski definition) is 3. The number of rotatable bonds is 4. The van der Waals surface area contributed by atoms with Gasteiger partial charge in [-0.2, -0.15) is 13.2 Å². The van der Waals surface area contributed by atoms with Crippen LogP contribution in [0.2, 0.25) is 0 Å². The molecule has 2 aromatic rings. The smallest absolute Gasteiger partial charge is 0.417 e. The first-order valence-electron chi connectivity index (χ1n) is 6.66. The lowest BCUT2D eigenvalue weighted by molar-refractivity contribution is -0.138. The lowest BCUT2D eigenvalue weighted by Gasteiger charge is -2.13. The molecule has 0 saturated carbocycles. The van der Waals surface area contributed by atoms with Crippen LogP contribution in [0.15, 0.2) is 40.9 Å². The summed E-state index contributed by atoms with van der Waals surface area (Å²) in [6.45, 7) is 0. The number of alkyl halides is 3. The number of carbonyl (C=O) groups excluding carboxylic acids is 1. The molecule has 0 atom stereocenters. The lowest BCUT2D eigenvalue weighted by Crippen LogP contribution is -2.14. The number of ether oxygens (including phenoxy) is 2. The van der Waals surface area contributed by atoms with Gasteiger partial charge in [0.25, 0.3) is 5.91 Å². The van der Waals surface area contributed by atoms with E-state index in [2.05, 4.69) is 21.2 Å². The molecule has 0 aromatic heterocycles. The second kappa shape index (κ2) is 7.12. The Balaban J connectivity index is 2.34. The first-order valence-corrected chi connectivity index (χ1v) is 7.45. The van der Waals surface area contributed by atoms with Gasteiger partial charge in [-0.1, -0.05) is 15.9 Å². The van der Waals surface area contributed by atoms with Gasteiger partial charge >= 0.3 is 6.18 Å². The van der Waals surface area contributed by atoms with Crippen molar-refractivity contribution in [2.24, 2.45) is 0 Å². The van der Waals surface area contributed by atoms with E-state index in [0.717, 1.165) is 6.07 Å². The third-order valence-corrected chi connectivity index (χ3v) is 3.87. The van der Waals surface area contributed by atoms with E-state index in [4.69, 9.17) is 9.47 Å². The predicted octanol–water partition coefficient (Wildman–Crippen LogP) is 4.74. The Labute approximate surface area is 144 Å². The number of hydrogen-bond donors (Lipinski definition) is 1. The molecule has 0 bridgehead atoms. The van der Waals surface area contributed by atoms with E-state index in [0.29, 0.717) is 5.75 Å². The van der Waals surface area contributed by atoms with Crippen molar-refractivity contribution in [2.45, 2.75) is 6.18 Å². The van der Waals surface area contributed by atoms with Crippen molar-refractivity contribution in [2.75, 3.05) is 19.5 Å². The molecule has 1 N–H and O–H groups in total. The minimum Gasteiger partial charge on any atom is -0.497 e. The summed E-state index contributed by atoms with van der Waals surface area (Å²) in [7, 11) is 2.83. The van der Waals surface area contributed by atoms with E-state index in [1.807, 2.05) is 0 Å². The van der Waals surface area contributed by atoms with E-state index in [-0.39, 0.29) is 21.5 Å². The Morgan fingerprint density at radius 2 is 1.79 bits per heavy atom. The van der Waals surface area contributed by atoms with Crippen LogP contribution in [-0.2, 0) is 6.18 Å². The first kappa shape index (κ1) is 18.1. The highest BCUT2D eigenvalue weighted by atomic mass is 79.9. The summed E-state index contributed by atoms with van der Waals surface area (Å²) in [5.41, 5.74) is -0.716. The van der Waals surface area contributed by atoms with Gasteiger partial charge in [0, 0.05) is 10.2 Å². The summed E-state index contributed by atoms with van der Waals surface area (Å²) in [4.78, 5) is 12.4. The highest BCUT2D eigenvalue weighted by Crippen LogP contribution is 2.36. The number of methoxy groups -OCH3 is 2. The van der Waals surface area contributed by atoms with Crippen molar-refractivity contribution in [3.05, 3.63) is 52.0 Å². The number of anilines is 1. The molecule has 128 valence electrons. The van der Waals surface area contributed by atoms with Crippen LogP contribution in [0.1, 0.15) is 15.9 Å². The third-order valence-electron chi connectivity index (χ3n) is 3.18. The standard InChI is InChI=1S/C16H13BrF3NO3/c1-23-10-4-6-14(24-2)11(8-10)15(22)21-9-3-5-13(17)12(7-9)16(18,19)20/h3-8H,1-2H3,(H,21,22). The molecule has 0 radical (unpaired) electrons. The van der Waals surface area contributed by atoms with Crippen LogP contribution < -0.4 is 14.8 Å². The molecule has 0 spiro atoms. The van der Waals surface area contributed by atoms with Gasteiger partial charge < -0.3 is 14.8 Å². The van der Waals surface area contributed by atoms with Crippen LogP contribution >= 0.6 is 15.9 Å². The zero-order valence-electron chi connectivity index (χ0n) is 12.7. The van der Waals surface area contributed by atoms with Crippen LogP contribution in [0.5, 0.6) is 11.5 Å². The van der Waals surface area contributed by atoms with Gasteiger partial charge in [0.1, 0.15) is 11.5 Å². The fraction of sp³-hybridized carbons (Fsp3) is 0.188. The maximum atomic E-state index is 12.9. The van der Waals surface area contributed by atoms with Gasteiger partial charge in [0.05, 0.1) is 25.3 Å². The topological polar surface area (TPSA) is 47.6 Å². The quantitative estimate of drug-likeness (QED) is 0.801. The number of benzene rings is 2. The zero-order valence-corrected chi connectivity index (χ0v) is 14.3. The Morgan fingerprint density at radius 1 is 1.08 bits per heavy atom. The Morgan fingerprint density at radius 3 is 2.38 bits per heavy atom. The van der Waals surface area contributed by atoms with Crippen LogP contribution in [0.3, 0.4) is 0 Å². The van der Waals surface area contributed by atoms with Gasteiger partial charge in [-0.25, -0.2) is 0 Å². The number of nitrogens with one attached hydrogen (secondary N) is 1. The monoisotopic (exact) mass is 403 g/mol. The minimum absolute atomic E-state index is 0.0143. The fourth-order valence-corrected chi connectivity index (χ4v) is 2.48. The molecule has 4 nitrogen and oxygen atoms in total. The SMILES string of the molecule is COc1ccc(OC)c(C(=O)Nc2ccc(Br)c(C(F)(F)F)c2)c1. The summed E-state index contributed by atoms with van der Waals surface area (Å²) in [5, 5.41) is 2.43. The summed E-state index contributed by atoms with van der Waals surface area (Å²) in [6, 6.07) is 8.03. The predicted molar refractivity (Wildman–Crippen MR) is 86.6 cm³/mol. The highest BCUT2D eigenvalue weighted by Gasteiger charge is 2.33. The van der Waals surface area contributed by atoms with E-state index in [1.165, 1.54) is 38.5 Å². The van der Waals surface area contributed by atoms with Crippen molar-refractivity contribution in [3.8, 4) is 11.5 Å². The summed E-state index contributed by atoms with van der Waals surface area (Å²) >= 11 is 2.85. The molecule has 8 heteroatoms. The molecule has 2 aromatic carbocycles. The van der Waals surface area contributed by atoms with Crippen LogP contribution in [0, 0.1) is 0 Å². The van der Waals surface area contributed by atoms with Crippen molar-refractivity contribution >= 4 is 27.5 Å². The van der Waals surface area contributed by atoms with Gasteiger partial charge in [-0.15, -0.1) is 0 Å². The molecule has 0 aliphatic carbocycles. The van der Waals surface area contributed by atoms with Crippen molar-refractivity contribution in [1.82, 2.24) is 0 Å². The summed E-state index contributed by atoms with van der Waals surface area (Å²) in [5.74, 6) is 0.0930. The second-order valence-corrected chi connectivity index (χ2v) is 5.57. The Bertz CT molecular complexity index is 763. The third kappa shape index (κ3) is 4.00. The van der Waals surface area contributed by atoms with Gasteiger partial charge in [-0.3, -0.25) is 4.79 Å². The first-order chi connectivity index (χ1) is 11.3. The molecular formula is C16H13BrF3NO3. The molecule has 0 fully saturated rings. The van der Waals surface area contributed by atoms with E-state index in [9.17, 15) is 18.0 Å². The second-order valence-electron chi connectivity index (χ2n) is 4.71. The van der Waals surface area contributed by atoms with E-state index in [1.54, 1.807) is 6.07 Å². The maximum Gasteiger partial charge on any atom is 0.417 e. The van der Waals surface area contributed by atoms with Gasteiger partial charge in [-0.05, 0) is 36.4 Å². The lowest BCUT2D eigenvalue weighted by atomic mass is 10.1. The van der Waals surface area contributed by atoms with Crippen LogP contribution in [0.4, 0.5) is 18.9 Å². The number of halogens is 4. The molecule has 1 amide bonds. The molecule has 0 unspecified atom stereocenters. The fourth-order valence-electron chi connectivity index (χ4n) is 2.01. The summed E-state index contributed by atoms with van der Waals surface area (Å²) < 4.78 is 48.8. The maximum absolute atomic E-state index is 12.9. The highest BCUT2D eigenvalue weighted by molar-refractivity contribution is 9.10. The molecule has 2 rings (SSSR count). The van der Waals surface area contributed by atoms with E-state index < -0.39 is 17.6 Å². The van der Waals surface area contributed by atoms with Crippen molar-refractivity contribution in [1.29, 1.82) is 0 Å². The molecule has 0 heterocycles. The van der Waals surface area contributed by atoms with Crippen molar-refractivity contribution < 1.29 is 27.4 Å². The molecular weight excluding hydrogens is 391 g/mol.